The van der Waals surface area contributed by atoms with Crippen molar-refractivity contribution in [3.8, 4) is 22.8 Å². The second kappa shape index (κ2) is 8.12. The molecule has 0 atom stereocenters. The zero-order chi connectivity index (χ0) is 19.5. The molecule has 0 saturated carbocycles. The molecule has 0 fully saturated rings. The first-order valence-electron chi connectivity index (χ1n) is 8.61. The number of hydrogen-bond donors (Lipinski definition) is 0. The summed E-state index contributed by atoms with van der Waals surface area (Å²) in [7, 11) is 3.25. The van der Waals surface area contributed by atoms with E-state index in [1.165, 1.54) is 5.56 Å². The summed E-state index contributed by atoms with van der Waals surface area (Å²) >= 11 is 7.63. The third-order valence-electron chi connectivity index (χ3n) is 4.32. The first-order valence-corrected chi connectivity index (χ1v) is 9.98. The van der Waals surface area contributed by atoms with Crippen molar-refractivity contribution >= 4 is 29.0 Å². The molecule has 0 N–H and O–H groups in total. The van der Waals surface area contributed by atoms with Gasteiger partial charge in [0.05, 0.1) is 19.9 Å². The zero-order valence-electron chi connectivity index (χ0n) is 15.4. The van der Waals surface area contributed by atoms with Gasteiger partial charge in [0.2, 0.25) is 0 Å². The number of fused-ring (bicyclic) bond motifs is 1. The summed E-state index contributed by atoms with van der Waals surface area (Å²) < 4.78 is 12.7. The molecule has 0 amide bonds. The van der Waals surface area contributed by atoms with Gasteiger partial charge in [-0.1, -0.05) is 35.5 Å². The smallest absolute Gasteiger partial charge is 0.174 e. The van der Waals surface area contributed by atoms with E-state index in [9.17, 15) is 0 Å². The minimum Gasteiger partial charge on any atom is -0.493 e. The van der Waals surface area contributed by atoms with E-state index < -0.39 is 0 Å². The minimum atomic E-state index is 0.667. The molecule has 5 nitrogen and oxygen atoms in total. The normalized spacial score (nSPS) is 11.0. The summed E-state index contributed by atoms with van der Waals surface area (Å²) in [6.07, 6.45) is 3.70. The molecule has 0 radical (unpaired) electrons. The molecule has 0 saturated heterocycles. The number of aromatic nitrogens is 3. The van der Waals surface area contributed by atoms with Crippen molar-refractivity contribution in [3.05, 3.63) is 71.5 Å². The number of methoxy groups -OCH3 is 2. The SMILES string of the molecule is COc1ccc(-c2cc3nccn3c(SCc3ccc(Cl)cc3)n2)cc1OC. The number of imidazole rings is 1. The summed E-state index contributed by atoms with van der Waals surface area (Å²) in [5, 5.41) is 1.61. The number of rotatable bonds is 6. The fraction of sp³-hybridized carbons (Fsp3) is 0.143. The van der Waals surface area contributed by atoms with E-state index in [4.69, 9.17) is 26.1 Å². The van der Waals surface area contributed by atoms with Crippen LogP contribution in [0.15, 0.2) is 66.1 Å². The fourth-order valence-corrected chi connectivity index (χ4v) is 3.94. The van der Waals surface area contributed by atoms with Gasteiger partial charge in [-0.05, 0) is 35.9 Å². The first-order chi connectivity index (χ1) is 13.7. The van der Waals surface area contributed by atoms with Crippen molar-refractivity contribution in [2.75, 3.05) is 14.2 Å². The number of halogens is 1. The molecule has 2 heterocycles. The fourth-order valence-electron chi connectivity index (χ4n) is 2.87. The third-order valence-corrected chi connectivity index (χ3v) is 5.59. The van der Waals surface area contributed by atoms with Gasteiger partial charge in [0.15, 0.2) is 16.7 Å². The van der Waals surface area contributed by atoms with Gasteiger partial charge in [0, 0.05) is 34.8 Å². The predicted molar refractivity (Wildman–Crippen MR) is 113 cm³/mol. The van der Waals surface area contributed by atoms with E-state index in [2.05, 4.69) is 4.98 Å². The topological polar surface area (TPSA) is 48.7 Å². The van der Waals surface area contributed by atoms with Gasteiger partial charge in [0.1, 0.15) is 5.65 Å². The molecule has 142 valence electrons. The van der Waals surface area contributed by atoms with E-state index in [1.807, 2.05) is 59.1 Å². The summed E-state index contributed by atoms with van der Waals surface area (Å²) in [5.41, 5.74) is 3.80. The Morgan fingerprint density at radius 2 is 1.79 bits per heavy atom. The third kappa shape index (κ3) is 3.79. The second-order valence-electron chi connectivity index (χ2n) is 6.06. The Morgan fingerprint density at radius 3 is 2.54 bits per heavy atom. The molecule has 4 aromatic rings. The van der Waals surface area contributed by atoms with E-state index in [0.717, 1.165) is 32.8 Å². The average Bonchev–Trinajstić information content (AvgIpc) is 3.21. The number of hydrogen-bond acceptors (Lipinski definition) is 5. The van der Waals surface area contributed by atoms with Crippen molar-refractivity contribution < 1.29 is 9.47 Å². The molecule has 2 aromatic carbocycles. The van der Waals surface area contributed by atoms with E-state index in [1.54, 1.807) is 32.2 Å². The van der Waals surface area contributed by atoms with Gasteiger partial charge in [-0.2, -0.15) is 0 Å². The van der Waals surface area contributed by atoms with Crippen molar-refractivity contribution in [2.24, 2.45) is 0 Å². The monoisotopic (exact) mass is 411 g/mol. The Hall–Kier alpha value is -2.70. The van der Waals surface area contributed by atoms with Gasteiger partial charge >= 0.3 is 0 Å². The maximum absolute atomic E-state index is 5.98. The Morgan fingerprint density at radius 1 is 1.00 bits per heavy atom. The molecule has 0 bridgehead atoms. The van der Waals surface area contributed by atoms with Crippen LogP contribution in [0.1, 0.15) is 5.56 Å². The first kappa shape index (κ1) is 18.7. The molecule has 0 aliphatic heterocycles. The zero-order valence-corrected chi connectivity index (χ0v) is 17.0. The lowest BCUT2D eigenvalue weighted by Gasteiger charge is -2.11. The molecule has 0 unspecified atom stereocenters. The molecule has 2 aromatic heterocycles. The lowest BCUT2D eigenvalue weighted by molar-refractivity contribution is 0.355. The quantitative estimate of drug-likeness (QED) is 0.316. The molecule has 0 aliphatic rings. The highest BCUT2D eigenvalue weighted by Crippen LogP contribution is 2.33. The molecule has 4 rings (SSSR count). The molecule has 0 aliphatic carbocycles. The molecule has 28 heavy (non-hydrogen) atoms. The van der Waals surface area contributed by atoms with Gasteiger partial charge in [0.25, 0.3) is 0 Å². The summed E-state index contributed by atoms with van der Waals surface area (Å²) in [5.74, 6) is 2.14. The largest absolute Gasteiger partial charge is 0.493 e. The summed E-state index contributed by atoms with van der Waals surface area (Å²) in [4.78, 5) is 9.32. The van der Waals surface area contributed by atoms with Crippen LogP contribution in [0.3, 0.4) is 0 Å². The van der Waals surface area contributed by atoms with Crippen LogP contribution in [0.2, 0.25) is 5.02 Å². The molecule has 0 spiro atoms. The van der Waals surface area contributed by atoms with Crippen molar-refractivity contribution in [3.63, 3.8) is 0 Å². The maximum atomic E-state index is 5.98. The van der Waals surface area contributed by atoms with Gasteiger partial charge < -0.3 is 9.47 Å². The average molecular weight is 412 g/mol. The lowest BCUT2D eigenvalue weighted by Crippen LogP contribution is -1.97. The van der Waals surface area contributed by atoms with Crippen molar-refractivity contribution in [2.45, 2.75) is 10.9 Å². The standard InChI is InChI=1S/C21H18ClN3O2S/c1-26-18-8-5-15(11-19(18)27-2)17-12-20-23-9-10-25(20)21(24-17)28-13-14-3-6-16(22)7-4-14/h3-12H,13H2,1-2H3. The van der Waals surface area contributed by atoms with Crippen LogP contribution in [0.25, 0.3) is 16.9 Å². The van der Waals surface area contributed by atoms with Crippen LogP contribution in [0.4, 0.5) is 0 Å². The predicted octanol–water partition coefficient (Wildman–Crippen LogP) is 5.36. The molecular weight excluding hydrogens is 394 g/mol. The van der Waals surface area contributed by atoms with Gasteiger partial charge in [-0.25, -0.2) is 9.97 Å². The van der Waals surface area contributed by atoms with Crippen LogP contribution >= 0.6 is 23.4 Å². The highest BCUT2D eigenvalue weighted by molar-refractivity contribution is 7.98. The number of ether oxygens (including phenoxy) is 2. The van der Waals surface area contributed by atoms with Gasteiger partial charge in [-0.3, -0.25) is 4.40 Å². The summed E-state index contributed by atoms with van der Waals surface area (Å²) in [6, 6.07) is 15.6. The molecular formula is C21H18ClN3O2S. The number of thioether (sulfide) groups is 1. The van der Waals surface area contributed by atoms with Crippen LogP contribution in [0, 0.1) is 0 Å². The van der Waals surface area contributed by atoms with Crippen molar-refractivity contribution in [1.82, 2.24) is 14.4 Å². The Bertz CT molecular complexity index is 1110. The van der Waals surface area contributed by atoms with E-state index in [0.29, 0.717) is 11.5 Å². The van der Waals surface area contributed by atoms with E-state index in [-0.39, 0.29) is 0 Å². The number of benzene rings is 2. The number of nitrogens with zero attached hydrogens (tertiary/aromatic N) is 3. The van der Waals surface area contributed by atoms with Crippen LogP contribution in [-0.4, -0.2) is 28.6 Å². The van der Waals surface area contributed by atoms with Crippen molar-refractivity contribution in [1.29, 1.82) is 0 Å². The van der Waals surface area contributed by atoms with E-state index >= 15 is 0 Å². The van der Waals surface area contributed by atoms with Crippen LogP contribution in [-0.2, 0) is 5.75 Å². The lowest BCUT2D eigenvalue weighted by atomic mass is 10.1. The maximum Gasteiger partial charge on any atom is 0.174 e. The van der Waals surface area contributed by atoms with Gasteiger partial charge in [-0.15, -0.1) is 0 Å². The highest BCUT2D eigenvalue weighted by Gasteiger charge is 2.12. The Balaban J connectivity index is 1.69. The minimum absolute atomic E-state index is 0.667. The van der Waals surface area contributed by atoms with Crippen LogP contribution < -0.4 is 9.47 Å². The Kier molecular flexibility index (Phi) is 5.41. The molecule has 7 heteroatoms. The Labute approximate surface area is 172 Å². The second-order valence-corrected chi connectivity index (χ2v) is 7.44. The van der Waals surface area contributed by atoms with Crippen LogP contribution in [0.5, 0.6) is 11.5 Å². The summed E-state index contributed by atoms with van der Waals surface area (Å²) in [6.45, 7) is 0. The highest BCUT2D eigenvalue weighted by atomic mass is 35.5.